The first-order chi connectivity index (χ1) is 7.93. The molecule has 0 heterocycles. The van der Waals surface area contributed by atoms with Gasteiger partial charge in [-0.05, 0) is 20.8 Å². The molecule has 0 bridgehead atoms. The van der Waals surface area contributed by atoms with E-state index in [1.165, 1.54) is 13.8 Å². The highest BCUT2D eigenvalue weighted by Gasteiger charge is 2.34. The fourth-order valence-corrected chi connectivity index (χ4v) is 1.16. The quantitative estimate of drug-likeness (QED) is 0.363. The van der Waals surface area contributed by atoms with Gasteiger partial charge >= 0.3 is 11.9 Å². The van der Waals surface area contributed by atoms with Gasteiger partial charge in [-0.2, -0.15) is 0 Å². The van der Waals surface area contributed by atoms with Crippen LogP contribution in [0.25, 0.3) is 0 Å². The van der Waals surface area contributed by atoms with Crippen LogP contribution in [0.3, 0.4) is 0 Å². The third-order valence-corrected chi connectivity index (χ3v) is 1.86. The zero-order chi connectivity index (χ0) is 13.4. The van der Waals surface area contributed by atoms with Gasteiger partial charge in [-0.25, -0.2) is 4.79 Å². The van der Waals surface area contributed by atoms with E-state index < -0.39 is 23.6 Å². The summed E-state index contributed by atoms with van der Waals surface area (Å²) in [4.78, 5) is 45.1. The summed E-state index contributed by atoms with van der Waals surface area (Å²) in [5, 5.41) is 0. The molecule has 0 aromatic heterocycles. The first-order valence-electron chi connectivity index (χ1n) is 5.31. The van der Waals surface area contributed by atoms with Gasteiger partial charge in [0.05, 0.1) is 13.2 Å². The molecule has 6 heteroatoms. The van der Waals surface area contributed by atoms with E-state index in [0.717, 1.165) is 0 Å². The molecule has 0 aromatic rings. The van der Waals surface area contributed by atoms with Gasteiger partial charge in [0, 0.05) is 6.42 Å². The fraction of sp³-hybridized carbons (Fsp3) is 0.636. The van der Waals surface area contributed by atoms with E-state index in [-0.39, 0.29) is 25.4 Å². The van der Waals surface area contributed by atoms with Crippen LogP contribution in [-0.2, 0) is 28.7 Å². The van der Waals surface area contributed by atoms with Crippen molar-refractivity contribution in [2.45, 2.75) is 27.2 Å². The summed E-state index contributed by atoms with van der Waals surface area (Å²) < 4.78 is 9.12. The number of hydrogen-bond acceptors (Lipinski definition) is 6. The minimum absolute atomic E-state index is 0.0280. The Bertz CT molecular complexity index is 320. The second kappa shape index (κ2) is 7.54. The maximum absolute atomic E-state index is 11.6. The minimum Gasteiger partial charge on any atom is -0.465 e. The maximum Gasteiger partial charge on any atom is 0.375 e. The first kappa shape index (κ1) is 15.3. The number of carbonyl (C=O) groups excluding carboxylic acids is 4. The summed E-state index contributed by atoms with van der Waals surface area (Å²) >= 11 is 0. The lowest BCUT2D eigenvalue weighted by atomic mass is 9.98. The van der Waals surface area contributed by atoms with Gasteiger partial charge in [0.25, 0.3) is 5.78 Å². The third-order valence-electron chi connectivity index (χ3n) is 1.86. The fourth-order valence-electron chi connectivity index (χ4n) is 1.16. The molecule has 0 saturated carbocycles. The SMILES string of the molecule is CCOC(=O)C(=O)C(CC(C)=O)C(=O)OCC. The van der Waals surface area contributed by atoms with E-state index in [9.17, 15) is 19.2 Å². The lowest BCUT2D eigenvalue weighted by Gasteiger charge is -2.11. The van der Waals surface area contributed by atoms with Crippen molar-refractivity contribution < 1.29 is 28.7 Å². The zero-order valence-corrected chi connectivity index (χ0v) is 10.1. The average molecular weight is 244 g/mol. The molecule has 0 rings (SSSR count). The zero-order valence-electron chi connectivity index (χ0n) is 10.1. The van der Waals surface area contributed by atoms with Crippen LogP contribution in [0.2, 0.25) is 0 Å². The highest BCUT2D eigenvalue weighted by Crippen LogP contribution is 2.10. The Labute approximate surface area is 99.3 Å². The Kier molecular flexibility index (Phi) is 6.77. The number of hydrogen-bond donors (Lipinski definition) is 0. The molecule has 17 heavy (non-hydrogen) atoms. The molecule has 0 aromatic carbocycles. The van der Waals surface area contributed by atoms with Gasteiger partial charge in [0.2, 0.25) is 0 Å². The average Bonchev–Trinajstić information content (AvgIpc) is 2.25. The Morgan fingerprint density at radius 1 is 1.00 bits per heavy atom. The molecule has 0 fully saturated rings. The molecule has 0 radical (unpaired) electrons. The predicted molar refractivity (Wildman–Crippen MR) is 57.1 cm³/mol. The van der Waals surface area contributed by atoms with Gasteiger partial charge in [-0.3, -0.25) is 14.4 Å². The Morgan fingerprint density at radius 2 is 1.53 bits per heavy atom. The smallest absolute Gasteiger partial charge is 0.375 e. The van der Waals surface area contributed by atoms with E-state index in [0.29, 0.717) is 0 Å². The summed E-state index contributed by atoms with van der Waals surface area (Å²) in [5.41, 5.74) is 0. The van der Waals surface area contributed by atoms with Crippen LogP contribution in [0.15, 0.2) is 0 Å². The Hall–Kier alpha value is -1.72. The van der Waals surface area contributed by atoms with Crippen molar-refractivity contribution in [3.63, 3.8) is 0 Å². The van der Waals surface area contributed by atoms with Crippen LogP contribution in [0.5, 0.6) is 0 Å². The van der Waals surface area contributed by atoms with Gasteiger partial charge in [-0.15, -0.1) is 0 Å². The van der Waals surface area contributed by atoms with Gasteiger partial charge < -0.3 is 9.47 Å². The van der Waals surface area contributed by atoms with Crippen molar-refractivity contribution in [2.24, 2.45) is 5.92 Å². The highest BCUT2D eigenvalue weighted by molar-refractivity contribution is 6.38. The third kappa shape index (κ3) is 5.24. The topological polar surface area (TPSA) is 86.7 Å². The van der Waals surface area contributed by atoms with Crippen LogP contribution >= 0.6 is 0 Å². The molecule has 1 atom stereocenters. The Morgan fingerprint density at radius 3 is 1.94 bits per heavy atom. The second-order valence-electron chi connectivity index (χ2n) is 3.30. The molecular weight excluding hydrogens is 228 g/mol. The van der Waals surface area contributed by atoms with Crippen molar-refractivity contribution >= 4 is 23.5 Å². The van der Waals surface area contributed by atoms with Crippen molar-refractivity contribution in [2.75, 3.05) is 13.2 Å². The molecule has 0 N–H and O–H groups in total. The molecule has 0 aliphatic rings. The van der Waals surface area contributed by atoms with Gasteiger partial charge in [0.1, 0.15) is 11.7 Å². The van der Waals surface area contributed by atoms with Gasteiger partial charge in [-0.1, -0.05) is 0 Å². The van der Waals surface area contributed by atoms with E-state index in [1.54, 1.807) is 6.92 Å². The van der Waals surface area contributed by atoms with E-state index in [1.807, 2.05) is 0 Å². The van der Waals surface area contributed by atoms with Crippen molar-refractivity contribution in [1.29, 1.82) is 0 Å². The Balaban J connectivity index is 4.78. The number of ketones is 2. The predicted octanol–water partition coefficient (Wildman–Crippen LogP) is 0.277. The molecule has 6 nitrogen and oxygen atoms in total. The van der Waals surface area contributed by atoms with Crippen molar-refractivity contribution in [1.82, 2.24) is 0 Å². The minimum atomic E-state index is -1.40. The van der Waals surface area contributed by atoms with Crippen LogP contribution in [-0.4, -0.2) is 36.7 Å². The molecule has 0 aliphatic carbocycles. The number of rotatable bonds is 7. The normalized spacial score (nSPS) is 11.5. The summed E-state index contributed by atoms with van der Waals surface area (Å²) in [6, 6.07) is 0. The van der Waals surface area contributed by atoms with Crippen LogP contribution < -0.4 is 0 Å². The lowest BCUT2D eigenvalue weighted by Crippen LogP contribution is -2.34. The maximum atomic E-state index is 11.6. The summed E-state index contributed by atoms with van der Waals surface area (Å²) in [6.07, 6.45) is -0.351. The highest BCUT2D eigenvalue weighted by atomic mass is 16.5. The number of esters is 2. The number of Topliss-reactive ketones (excluding diaryl/α,β-unsaturated/α-hetero) is 2. The lowest BCUT2D eigenvalue weighted by molar-refractivity contribution is -0.162. The van der Waals surface area contributed by atoms with Gasteiger partial charge in [0.15, 0.2) is 0 Å². The molecule has 0 saturated heterocycles. The molecule has 96 valence electrons. The van der Waals surface area contributed by atoms with Crippen molar-refractivity contribution in [3.05, 3.63) is 0 Å². The molecule has 0 spiro atoms. The largest absolute Gasteiger partial charge is 0.465 e. The van der Waals surface area contributed by atoms with E-state index in [4.69, 9.17) is 0 Å². The number of ether oxygens (including phenoxy) is 2. The summed E-state index contributed by atoms with van der Waals surface area (Å²) in [5.74, 6) is -4.81. The standard InChI is InChI=1S/C11H16O6/c1-4-16-10(14)8(6-7(3)12)9(13)11(15)17-5-2/h8H,4-6H2,1-3H3. The van der Waals surface area contributed by atoms with Crippen LogP contribution in [0.4, 0.5) is 0 Å². The van der Waals surface area contributed by atoms with Crippen LogP contribution in [0.1, 0.15) is 27.2 Å². The monoisotopic (exact) mass is 244 g/mol. The molecule has 0 aliphatic heterocycles. The molecule has 0 amide bonds. The molecular formula is C11H16O6. The summed E-state index contributed by atoms with van der Waals surface area (Å²) in [7, 11) is 0. The second-order valence-corrected chi connectivity index (χ2v) is 3.30. The van der Waals surface area contributed by atoms with Crippen LogP contribution in [0, 0.1) is 5.92 Å². The summed E-state index contributed by atoms with van der Waals surface area (Å²) in [6.45, 7) is 4.43. The van der Waals surface area contributed by atoms with E-state index >= 15 is 0 Å². The number of carbonyl (C=O) groups is 4. The molecule has 1 unspecified atom stereocenters. The first-order valence-corrected chi connectivity index (χ1v) is 5.31. The van der Waals surface area contributed by atoms with E-state index in [2.05, 4.69) is 9.47 Å². The van der Waals surface area contributed by atoms with Crippen molar-refractivity contribution in [3.8, 4) is 0 Å².